The number of nitrogens with one attached hydrogen (secondary N) is 1. The summed E-state index contributed by atoms with van der Waals surface area (Å²) in [6.45, 7) is 0.839. The van der Waals surface area contributed by atoms with Gasteiger partial charge in [0.2, 0.25) is 0 Å². The van der Waals surface area contributed by atoms with E-state index in [0.717, 1.165) is 32.3 Å². The minimum atomic E-state index is -0.411. The Hall–Kier alpha value is -0.680. The summed E-state index contributed by atoms with van der Waals surface area (Å²) in [6.07, 6.45) is 4.19. The van der Waals surface area contributed by atoms with Crippen molar-refractivity contribution in [1.82, 2.24) is 5.43 Å². The summed E-state index contributed by atoms with van der Waals surface area (Å²) in [5, 5.41) is 0.146. The molecule has 0 saturated carbocycles. The highest BCUT2D eigenvalue weighted by Gasteiger charge is 2.20. The second-order valence-electron chi connectivity index (χ2n) is 4.57. The first kappa shape index (κ1) is 13.7. The number of nitrogens with two attached hydrogens (primary N) is 1. The van der Waals surface area contributed by atoms with E-state index in [1.165, 1.54) is 6.07 Å². The third kappa shape index (κ3) is 3.20. The van der Waals surface area contributed by atoms with Gasteiger partial charge in [-0.2, -0.15) is 0 Å². The lowest BCUT2D eigenvalue weighted by Crippen LogP contribution is -2.29. The molecule has 1 aromatic rings. The van der Waals surface area contributed by atoms with Gasteiger partial charge in [-0.05, 0) is 37.3 Å². The van der Waals surface area contributed by atoms with Gasteiger partial charge in [0, 0.05) is 12.6 Å². The highest BCUT2D eigenvalue weighted by atomic mass is 35.5. The number of halogens is 2. The van der Waals surface area contributed by atoms with E-state index in [9.17, 15) is 4.39 Å². The zero-order valence-electron chi connectivity index (χ0n) is 10.2. The van der Waals surface area contributed by atoms with Gasteiger partial charge >= 0.3 is 0 Å². The molecule has 2 unspecified atom stereocenters. The highest BCUT2D eigenvalue weighted by Crippen LogP contribution is 2.29. The monoisotopic (exact) mass is 272 g/mol. The highest BCUT2D eigenvalue weighted by molar-refractivity contribution is 6.31. The number of hydrogen-bond acceptors (Lipinski definition) is 3. The SMILES string of the molecule is NNC(CCC1CCCO1)c1cccc(F)c1Cl. The number of rotatable bonds is 5. The van der Waals surface area contributed by atoms with Crippen molar-refractivity contribution in [3.8, 4) is 0 Å². The summed E-state index contributed by atoms with van der Waals surface area (Å²) in [4.78, 5) is 0. The van der Waals surface area contributed by atoms with E-state index in [1.807, 2.05) is 0 Å². The van der Waals surface area contributed by atoms with Gasteiger partial charge in [-0.25, -0.2) is 4.39 Å². The maximum atomic E-state index is 13.4. The maximum Gasteiger partial charge on any atom is 0.142 e. The summed E-state index contributed by atoms with van der Waals surface area (Å²) >= 11 is 5.96. The van der Waals surface area contributed by atoms with E-state index < -0.39 is 5.82 Å². The normalized spacial score (nSPS) is 21.2. The van der Waals surface area contributed by atoms with Crippen LogP contribution in [0.3, 0.4) is 0 Å². The lowest BCUT2D eigenvalue weighted by Gasteiger charge is -2.19. The molecule has 1 fully saturated rings. The molecular weight excluding hydrogens is 255 g/mol. The lowest BCUT2D eigenvalue weighted by atomic mass is 9.99. The summed E-state index contributed by atoms with van der Waals surface area (Å²) < 4.78 is 19.0. The van der Waals surface area contributed by atoms with Crippen LogP contribution in [0.5, 0.6) is 0 Å². The standard InChI is InChI=1S/C13H18ClFN2O/c14-13-10(4-1-5-11(13)15)12(17-16)7-6-9-3-2-8-18-9/h1,4-5,9,12,17H,2-3,6-8,16H2. The van der Waals surface area contributed by atoms with Crippen LogP contribution >= 0.6 is 11.6 Å². The summed E-state index contributed by atoms with van der Waals surface area (Å²) in [7, 11) is 0. The van der Waals surface area contributed by atoms with Crippen molar-refractivity contribution in [2.24, 2.45) is 5.84 Å². The first-order chi connectivity index (χ1) is 8.72. The second-order valence-corrected chi connectivity index (χ2v) is 4.95. The Kier molecular flexibility index (Phi) is 4.95. The average Bonchev–Trinajstić information content (AvgIpc) is 2.88. The summed E-state index contributed by atoms with van der Waals surface area (Å²) in [6, 6.07) is 4.65. The fourth-order valence-corrected chi connectivity index (χ4v) is 2.60. The maximum absolute atomic E-state index is 13.4. The van der Waals surface area contributed by atoms with Crippen LogP contribution in [0.2, 0.25) is 5.02 Å². The van der Waals surface area contributed by atoms with Crippen LogP contribution in [0.15, 0.2) is 18.2 Å². The molecule has 0 aliphatic carbocycles. The second kappa shape index (κ2) is 6.48. The lowest BCUT2D eigenvalue weighted by molar-refractivity contribution is 0.0996. The molecule has 1 aliphatic rings. The van der Waals surface area contributed by atoms with Crippen LogP contribution in [0.4, 0.5) is 4.39 Å². The molecule has 0 bridgehead atoms. The van der Waals surface area contributed by atoms with Crippen LogP contribution in [0.1, 0.15) is 37.3 Å². The Morgan fingerprint density at radius 1 is 1.56 bits per heavy atom. The van der Waals surface area contributed by atoms with E-state index in [0.29, 0.717) is 11.7 Å². The largest absolute Gasteiger partial charge is 0.378 e. The molecule has 0 radical (unpaired) electrons. The van der Waals surface area contributed by atoms with Gasteiger partial charge in [-0.3, -0.25) is 11.3 Å². The Morgan fingerprint density at radius 3 is 3.06 bits per heavy atom. The van der Waals surface area contributed by atoms with Gasteiger partial charge in [-0.15, -0.1) is 0 Å². The number of benzene rings is 1. The molecule has 5 heteroatoms. The summed E-state index contributed by atoms with van der Waals surface area (Å²) in [5.74, 6) is 5.13. The van der Waals surface area contributed by atoms with Crippen molar-refractivity contribution in [2.75, 3.05) is 6.61 Å². The van der Waals surface area contributed by atoms with Gasteiger partial charge in [-0.1, -0.05) is 23.7 Å². The van der Waals surface area contributed by atoms with Crippen molar-refractivity contribution >= 4 is 11.6 Å². The molecule has 1 aliphatic heterocycles. The van der Waals surface area contributed by atoms with E-state index in [1.54, 1.807) is 12.1 Å². The molecular formula is C13H18ClFN2O. The molecule has 2 atom stereocenters. The number of hydrazine groups is 1. The van der Waals surface area contributed by atoms with E-state index in [-0.39, 0.29) is 11.1 Å². The van der Waals surface area contributed by atoms with Crippen LogP contribution in [-0.2, 0) is 4.74 Å². The third-order valence-corrected chi connectivity index (χ3v) is 3.76. The summed E-state index contributed by atoms with van der Waals surface area (Å²) in [5.41, 5.74) is 3.41. The van der Waals surface area contributed by atoms with E-state index in [2.05, 4.69) is 5.43 Å². The molecule has 0 amide bonds. The smallest absolute Gasteiger partial charge is 0.142 e. The van der Waals surface area contributed by atoms with Gasteiger partial charge in [0.15, 0.2) is 0 Å². The van der Waals surface area contributed by atoms with Gasteiger partial charge < -0.3 is 4.74 Å². The zero-order valence-corrected chi connectivity index (χ0v) is 10.9. The van der Waals surface area contributed by atoms with Crippen LogP contribution < -0.4 is 11.3 Å². The number of hydrogen-bond donors (Lipinski definition) is 2. The van der Waals surface area contributed by atoms with Crippen LogP contribution in [-0.4, -0.2) is 12.7 Å². The van der Waals surface area contributed by atoms with E-state index in [4.69, 9.17) is 22.2 Å². The first-order valence-electron chi connectivity index (χ1n) is 6.24. The van der Waals surface area contributed by atoms with E-state index >= 15 is 0 Å². The van der Waals surface area contributed by atoms with Crippen molar-refractivity contribution < 1.29 is 9.13 Å². The Labute approximate surface area is 111 Å². The van der Waals surface area contributed by atoms with Gasteiger partial charge in [0.05, 0.1) is 11.1 Å². The predicted octanol–water partition coefficient (Wildman–Crippen LogP) is 2.94. The molecule has 18 heavy (non-hydrogen) atoms. The zero-order chi connectivity index (χ0) is 13.0. The minimum Gasteiger partial charge on any atom is -0.378 e. The quantitative estimate of drug-likeness (QED) is 0.640. The van der Waals surface area contributed by atoms with Crippen LogP contribution in [0, 0.1) is 5.82 Å². The molecule has 3 N–H and O–H groups in total. The minimum absolute atomic E-state index is 0.141. The van der Waals surface area contributed by atoms with Crippen LogP contribution in [0.25, 0.3) is 0 Å². The Bertz CT molecular complexity index is 397. The average molecular weight is 273 g/mol. The molecule has 1 aromatic carbocycles. The Morgan fingerprint density at radius 2 is 2.39 bits per heavy atom. The topological polar surface area (TPSA) is 47.3 Å². The fourth-order valence-electron chi connectivity index (χ4n) is 2.34. The third-order valence-electron chi connectivity index (χ3n) is 3.36. The van der Waals surface area contributed by atoms with Crippen molar-refractivity contribution in [1.29, 1.82) is 0 Å². The first-order valence-corrected chi connectivity index (χ1v) is 6.62. The predicted molar refractivity (Wildman–Crippen MR) is 69.7 cm³/mol. The molecule has 100 valence electrons. The molecule has 0 aromatic heterocycles. The molecule has 0 spiro atoms. The van der Waals surface area contributed by atoms with Crippen molar-refractivity contribution in [3.05, 3.63) is 34.6 Å². The molecule has 1 heterocycles. The Balaban J connectivity index is 2.00. The van der Waals surface area contributed by atoms with Crippen molar-refractivity contribution in [2.45, 2.75) is 37.8 Å². The van der Waals surface area contributed by atoms with Crippen molar-refractivity contribution in [3.63, 3.8) is 0 Å². The fraction of sp³-hybridized carbons (Fsp3) is 0.538. The van der Waals surface area contributed by atoms with Gasteiger partial charge in [0.25, 0.3) is 0 Å². The number of ether oxygens (including phenoxy) is 1. The molecule has 2 rings (SSSR count). The van der Waals surface area contributed by atoms with Gasteiger partial charge in [0.1, 0.15) is 5.82 Å². The molecule has 3 nitrogen and oxygen atoms in total. The molecule has 1 saturated heterocycles.